The predicted molar refractivity (Wildman–Crippen MR) is 55.2 cm³/mol. The fourth-order valence-electron chi connectivity index (χ4n) is 2.05. The van der Waals surface area contributed by atoms with Crippen molar-refractivity contribution in [3.05, 3.63) is 0 Å². The molecule has 2 heterocycles. The van der Waals surface area contributed by atoms with E-state index in [1.54, 1.807) is 7.05 Å². The summed E-state index contributed by atoms with van der Waals surface area (Å²) in [5.74, 6) is 0.115. The summed E-state index contributed by atoms with van der Waals surface area (Å²) in [6.45, 7) is 2.06. The van der Waals surface area contributed by atoms with Crippen molar-refractivity contribution in [3.8, 4) is 0 Å². The lowest BCUT2D eigenvalue weighted by Gasteiger charge is -2.35. The van der Waals surface area contributed by atoms with Gasteiger partial charge >= 0.3 is 0 Å². The maximum Gasteiger partial charge on any atom is 0.248 e. The van der Waals surface area contributed by atoms with Gasteiger partial charge in [-0.05, 0) is 19.9 Å². The Hall–Kier alpha value is -0.320. The van der Waals surface area contributed by atoms with Crippen molar-refractivity contribution in [1.82, 2.24) is 9.96 Å². The van der Waals surface area contributed by atoms with Gasteiger partial charge in [-0.2, -0.15) is 0 Å². The van der Waals surface area contributed by atoms with Gasteiger partial charge in [0.05, 0.1) is 6.42 Å². The van der Waals surface area contributed by atoms with Gasteiger partial charge in [0.2, 0.25) is 5.91 Å². The summed E-state index contributed by atoms with van der Waals surface area (Å²) in [6, 6.07) is 0. The van der Waals surface area contributed by atoms with Crippen molar-refractivity contribution < 1.29 is 9.63 Å². The van der Waals surface area contributed by atoms with Crippen LogP contribution in [0.2, 0.25) is 0 Å². The maximum absolute atomic E-state index is 11.3. The molecular formula is C9H17ClN2O2. The monoisotopic (exact) mass is 220 g/mol. The zero-order valence-corrected chi connectivity index (χ0v) is 9.47. The Balaban J connectivity index is 0.000000980. The molecule has 2 aliphatic heterocycles. The molecule has 0 unspecified atom stereocenters. The Labute approximate surface area is 90.5 Å². The number of amides is 1. The first kappa shape index (κ1) is 11.8. The zero-order valence-electron chi connectivity index (χ0n) is 8.65. The third-order valence-electron chi connectivity index (χ3n) is 3.05. The SMILES string of the molecule is CN1CCC2(CC1)CC(=O)N(C)O2.Cl. The summed E-state index contributed by atoms with van der Waals surface area (Å²) in [6.07, 6.45) is 2.51. The Morgan fingerprint density at radius 1 is 1.29 bits per heavy atom. The lowest BCUT2D eigenvalue weighted by molar-refractivity contribution is -0.198. The first-order valence-corrected chi connectivity index (χ1v) is 4.76. The van der Waals surface area contributed by atoms with E-state index in [9.17, 15) is 4.79 Å². The van der Waals surface area contributed by atoms with E-state index >= 15 is 0 Å². The Morgan fingerprint density at radius 3 is 2.29 bits per heavy atom. The van der Waals surface area contributed by atoms with E-state index in [0.717, 1.165) is 25.9 Å². The van der Waals surface area contributed by atoms with Gasteiger partial charge in [-0.25, -0.2) is 5.06 Å². The number of hydroxylamine groups is 2. The zero-order chi connectivity index (χ0) is 9.47. The fraction of sp³-hybridized carbons (Fsp3) is 0.889. The second kappa shape index (κ2) is 4.04. The van der Waals surface area contributed by atoms with Crippen molar-refractivity contribution in [2.45, 2.75) is 24.9 Å². The van der Waals surface area contributed by atoms with Gasteiger partial charge in [0, 0.05) is 20.1 Å². The van der Waals surface area contributed by atoms with Gasteiger partial charge in [-0.3, -0.25) is 9.63 Å². The molecule has 0 N–H and O–H groups in total. The van der Waals surface area contributed by atoms with Crippen molar-refractivity contribution in [2.24, 2.45) is 0 Å². The molecule has 4 nitrogen and oxygen atoms in total. The van der Waals surface area contributed by atoms with Gasteiger partial charge in [-0.1, -0.05) is 0 Å². The van der Waals surface area contributed by atoms with Crippen LogP contribution in [0, 0.1) is 0 Å². The molecule has 1 spiro atoms. The molecule has 5 heteroatoms. The van der Waals surface area contributed by atoms with E-state index < -0.39 is 0 Å². The normalized spacial score (nSPS) is 26.7. The van der Waals surface area contributed by atoms with Gasteiger partial charge in [0.1, 0.15) is 5.60 Å². The number of halogens is 1. The first-order chi connectivity index (χ1) is 6.11. The Kier molecular flexibility index (Phi) is 3.40. The van der Waals surface area contributed by atoms with E-state index in [4.69, 9.17) is 4.84 Å². The summed E-state index contributed by atoms with van der Waals surface area (Å²) in [5.41, 5.74) is -0.168. The van der Waals surface area contributed by atoms with Crippen molar-refractivity contribution in [2.75, 3.05) is 27.2 Å². The van der Waals surface area contributed by atoms with Crippen LogP contribution in [-0.2, 0) is 9.63 Å². The summed E-state index contributed by atoms with van der Waals surface area (Å²) < 4.78 is 0. The summed E-state index contributed by atoms with van der Waals surface area (Å²) in [5, 5.41) is 1.39. The Bertz CT molecular complexity index is 227. The molecule has 0 aromatic rings. The average molecular weight is 221 g/mol. The van der Waals surface area contributed by atoms with Crippen LogP contribution in [0.25, 0.3) is 0 Å². The van der Waals surface area contributed by atoms with Crippen molar-refractivity contribution in [1.29, 1.82) is 0 Å². The van der Waals surface area contributed by atoms with Gasteiger partial charge < -0.3 is 4.90 Å². The highest BCUT2D eigenvalue weighted by atomic mass is 35.5. The van der Waals surface area contributed by atoms with Crippen LogP contribution in [0.15, 0.2) is 0 Å². The van der Waals surface area contributed by atoms with Gasteiger partial charge in [0.15, 0.2) is 0 Å². The fourth-order valence-corrected chi connectivity index (χ4v) is 2.05. The molecule has 2 fully saturated rings. The second-order valence-electron chi connectivity index (χ2n) is 4.15. The largest absolute Gasteiger partial charge is 0.306 e. The molecule has 0 aromatic carbocycles. The van der Waals surface area contributed by atoms with E-state index in [-0.39, 0.29) is 23.9 Å². The first-order valence-electron chi connectivity index (χ1n) is 4.76. The molecule has 0 radical (unpaired) electrons. The number of hydrogen-bond acceptors (Lipinski definition) is 3. The van der Waals surface area contributed by atoms with Crippen LogP contribution < -0.4 is 0 Å². The number of likely N-dealkylation sites (tertiary alicyclic amines) is 1. The molecule has 0 aliphatic carbocycles. The summed E-state index contributed by atoms with van der Waals surface area (Å²) in [7, 11) is 3.81. The maximum atomic E-state index is 11.3. The third kappa shape index (κ3) is 2.02. The topological polar surface area (TPSA) is 32.8 Å². The van der Waals surface area contributed by atoms with Crippen LogP contribution in [0.3, 0.4) is 0 Å². The number of rotatable bonds is 0. The van der Waals surface area contributed by atoms with Crippen LogP contribution >= 0.6 is 12.4 Å². The van der Waals surface area contributed by atoms with E-state index in [1.165, 1.54) is 5.06 Å². The molecule has 2 aliphatic rings. The summed E-state index contributed by atoms with van der Waals surface area (Å²) in [4.78, 5) is 19.2. The Morgan fingerprint density at radius 2 is 1.86 bits per heavy atom. The lowest BCUT2D eigenvalue weighted by atomic mass is 9.89. The predicted octanol–water partition coefficient (Wildman–Crippen LogP) is 0.666. The lowest BCUT2D eigenvalue weighted by Crippen LogP contribution is -2.43. The highest BCUT2D eigenvalue weighted by Gasteiger charge is 2.44. The molecule has 1 amide bonds. The second-order valence-corrected chi connectivity index (χ2v) is 4.15. The van der Waals surface area contributed by atoms with E-state index in [0.29, 0.717) is 6.42 Å². The number of hydrogen-bond donors (Lipinski definition) is 0. The highest BCUT2D eigenvalue weighted by Crippen LogP contribution is 2.35. The molecule has 82 valence electrons. The van der Waals surface area contributed by atoms with Crippen LogP contribution in [-0.4, -0.2) is 48.7 Å². The average Bonchev–Trinajstić information content (AvgIpc) is 2.36. The van der Waals surface area contributed by atoms with Crippen molar-refractivity contribution in [3.63, 3.8) is 0 Å². The molecule has 0 bridgehead atoms. The number of nitrogens with zero attached hydrogens (tertiary/aromatic N) is 2. The van der Waals surface area contributed by atoms with Crippen LogP contribution in [0.1, 0.15) is 19.3 Å². The molecule has 2 rings (SSSR count). The van der Waals surface area contributed by atoms with Gasteiger partial charge in [0.25, 0.3) is 0 Å². The molecule has 2 saturated heterocycles. The van der Waals surface area contributed by atoms with Crippen molar-refractivity contribution >= 4 is 18.3 Å². The molecular weight excluding hydrogens is 204 g/mol. The standard InChI is InChI=1S/C9H16N2O2.ClH/c1-10-5-3-9(4-6-10)7-8(12)11(2)13-9;/h3-7H2,1-2H3;1H. The minimum Gasteiger partial charge on any atom is -0.306 e. The highest BCUT2D eigenvalue weighted by molar-refractivity contribution is 5.85. The molecule has 0 atom stereocenters. The quantitative estimate of drug-likeness (QED) is 0.602. The number of carbonyl (C=O) groups is 1. The minimum absolute atomic E-state index is 0. The third-order valence-corrected chi connectivity index (χ3v) is 3.05. The molecule has 0 saturated carbocycles. The number of carbonyl (C=O) groups excluding carboxylic acids is 1. The molecule has 14 heavy (non-hydrogen) atoms. The van der Waals surface area contributed by atoms with Crippen LogP contribution in [0.4, 0.5) is 0 Å². The molecule has 0 aromatic heterocycles. The summed E-state index contributed by atoms with van der Waals surface area (Å²) >= 11 is 0. The van der Waals surface area contributed by atoms with Gasteiger partial charge in [-0.15, -0.1) is 12.4 Å². The number of piperidine rings is 1. The smallest absolute Gasteiger partial charge is 0.248 e. The van der Waals surface area contributed by atoms with E-state index in [2.05, 4.69) is 11.9 Å². The van der Waals surface area contributed by atoms with Crippen LogP contribution in [0.5, 0.6) is 0 Å². The minimum atomic E-state index is -0.168. The van der Waals surface area contributed by atoms with E-state index in [1.807, 2.05) is 0 Å².